The van der Waals surface area contributed by atoms with Crippen LogP contribution in [0.1, 0.15) is 42.6 Å². The van der Waals surface area contributed by atoms with E-state index in [-0.39, 0.29) is 11.3 Å². The molecule has 0 unspecified atom stereocenters. The molecule has 0 atom stereocenters. The molecule has 148 valence electrons. The van der Waals surface area contributed by atoms with Gasteiger partial charge in [0.25, 0.3) is 0 Å². The molecule has 0 fully saturated rings. The maximum atomic E-state index is 12.3. The number of rotatable bonds is 10. The van der Waals surface area contributed by atoms with Gasteiger partial charge in [0.15, 0.2) is 11.5 Å². The van der Waals surface area contributed by atoms with Crippen LogP contribution in [0, 0.1) is 0 Å². The van der Waals surface area contributed by atoms with Crippen LogP contribution in [0.2, 0.25) is 0 Å². The van der Waals surface area contributed by atoms with Gasteiger partial charge in [0.05, 0.1) is 24.5 Å². The number of para-hydroxylation sites is 2. The van der Waals surface area contributed by atoms with Gasteiger partial charge in [0.1, 0.15) is 0 Å². The molecule has 6 heteroatoms. The topological polar surface area (TPSA) is 84.9 Å². The van der Waals surface area contributed by atoms with Crippen molar-refractivity contribution in [3.05, 3.63) is 59.7 Å². The van der Waals surface area contributed by atoms with Crippen LogP contribution in [0.3, 0.4) is 0 Å². The summed E-state index contributed by atoms with van der Waals surface area (Å²) in [6.45, 7) is 5.14. The molecule has 0 aliphatic rings. The Morgan fingerprint density at radius 2 is 1.71 bits per heavy atom. The predicted molar refractivity (Wildman–Crippen MR) is 109 cm³/mol. The minimum atomic E-state index is -1.10. The van der Waals surface area contributed by atoms with E-state index in [2.05, 4.69) is 5.32 Å². The van der Waals surface area contributed by atoms with Gasteiger partial charge in [-0.15, -0.1) is 0 Å². The molecule has 2 rings (SSSR count). The van der Waals surface area contributed by atoms with Crippen molar-refractivity contribution in [3.63, 3.8) is 0 Å². The summed E-state index contributed by atoms with van der Waals surface area (Å²) in [5.74, 6) is -0.312. The first-order valence-electron chi connectivity index (χ1n) is 9.26. The van der Waals surface area contributed by atoms with Crippen molar-refractivity contribution in [1.29, 1.82) is 0 Å². The third-order valence-corrected chi connectivity index (χ3v) is 3.75. The largest absolute Gasteiger partial charge is 0.490 e. The number of nitrogens with one attached hydrogen (secondary N) is 1. The standard InChI is InChI=1S/C22H25NO5/c1-3-14-27-19-11-7-8-16(21(19)28-15-4-2)12-13-20(24)23-18-10-6-5-9-17(18)22(25)26/h5-13H,3-4,14-15H2,1-2H3,(H,23,24)(H,25,26)/b13-12+. The molecule has 0 aromatic heterocycles. The highest BCUT2D eigenvalue weighted by atomic mass is 16.5. The summed E-state index contributed by atoms with van der Waals surface area (Å²) in [4.78, 5) is 23.5. The first-order chi connectivity index (χ1) is 13.6. The number of aromatic carboxylic acids is 1. The molecule has 0 aliphatic heterocycles. The van der Waals surface area contributed by atoms with Crippen LogP contribution >= 0.6 is 0 Å². The quantitative estimate of drug-likeness (QED) is 0.585. The van der Waals surface area contributed by atoms with Crippen LogP contribution in [-0.4, -0.2) is 30.2 Å². The number of hydrogen-bond acceptors (Lipinski definition) is 4. The number of carbonyl (C=O) groups excluding carboxylic acids is 1. The van der Waals surface area contributed by atoms with Gasteiger partial charge in [0.2, 0.25) is 5.91 Å². The van der Waals surface area contributed by atoms with Crippen LogP contribution in [-0.2, 0) is 4.79 Å². The van der Waals surface area contributed by atoms with E-state index >= 15 is 0 Å². The Labute approximate surface area is 164 Å². The molecule has 2 aromatic carbocycles. The van der Waals surface area contributed by atoms with Crippen molar-refractivity contribution in [2.75, 3.05) is 18.5 Å². The molecule has 6 nitrogen and oxygen atoms in total. The summed E-state index contributed by atoms with van der Waals surface area (Å²) >= 11 is 0. The highest BCUT2D eigenvalue weighted by molar-refractivity contribution is 6.06. The lowest BCUT2D eigenvalue weighted by molar-refractivity contribution is -0.111. The van der Waals surface area contributed by atoms with E-state index in [0.29, 0.717) is 30.3 Å². The molecule has 2 aromatic rings. The highest BCUT2D eigenvalue weighted by Crippen LogP contribution is 2.32. The lowest BCUT2D eigenvalue weighted by Crippen LogP contribution is -2.11. The van der Waals surface area contributed by atoms with E-state index < -0.39 is 11.9 Å². The van der Waals surface area contributed by atoms with Gasteiger partial charge < -0.3 is 19.9 Å². The molecule has 1 amide bonds. The Balaban J connectivity index is 2.20. The second kappa shape index (κ2) is 10.8. The number of amides is 1. The fraction of sp³-hybridized carbons (Fsp3) is 0.273. The second-order valence-corrected chi connectivity index (χ2v) is 6.04. The maximum absolute atomic E-state index is 12.3. The molecule has 0 saturated heterocycles. The van der Waals surface area contributed by atoms with Crippen LogP contribution < -0.4 is 14.8 Å². The van der Waals surface area contributed by atoms with Crippen LogP contribution in [0.25, 0.3) is 6.08 Å². The zero-order chi connectivity index (χ0) is 20.4. The van der Waals surface area contributed by atoms with Crippen LogP contribution in [0.5, 0.6) is 11.5 Å². The van der Waals surface area contributed by atoms with Gasteiger partial charge in [-0.2, -0.15) is 0 Å². The number of benzene rings is 2. The molecule has 28 heavy (non-hydrogen) atoms. The van der Waals surface area contributed by atoms with Gasteiger partial charge in [-0.1, -0.05) is 38.1 Å². The van der Waals surface area contributed by atoms with Crippen molar-refractivity contribution in [3.8, 4) is 11.5 Å². The van der Waals surface area contributed by atoms with Crippen molar-refractivity contribution < 1.29 is 24.2 Å². The molecule has 0 saturated carbocycles. The first kappa shape index (κ1) is 21.0. The van der Waals surface area contributed by atoms with Crippen LogP contribution in [0.15, 0.2) is 48.5 Å². The van der Waals surface area contributed by atoms with E-state index in [4.69, 9.17) is 9.47 Å². The highest BCUT2D eigenvalue weighted by Gasteiger charge is 2.12. The summed E-state index contributed by atoms with van der Waals surface area (Å²) in [5.41, 5.74) is 0.988. The zero-order valence-corrected chi connectivity index (χ0v) is 16.1. The average Bonchev–Trinajstić information content (AvgIpc) is 2.69. The van der Waals surface area contributed by atoms with Gasteiger partial charge in [-0.05, 0) is 37.1 Å². The SMILES string of the molecule is CCCOc1cccc(/C=C/C(=O)Nc2ccccc2C(=O)O)c1OCCC. The van der Waals surface area contributed by atoms with E-state index in [9.17, 15) is 14.7 Å². The molecule has 0 aliphatic carbocycles. The normalized spacial score (nSPS) is 10.6. The van der Waals surface area contributed by atoms with Gasteiger partial charge >= 0.3 is 5.97 Å². The molecular formula is C22H25NO5. The molecule has 0 radical (unpaired) electrons. The lowest BCUT2D eigenvalue weighted by atomic mass is 10.1. The number of carbonyl (C=O) groups is 2. The Bertz CT molecular complexity index is 845. The van der Waals surface area contributed by atoms with Crippen molar-refractivity contribution >= 4 is 23.6 Å². The Morgan fingerprint density at radius 1 is 1.00 bits per heavy atom. The Hall–Kier alpha value is -3.28. The summed E-state index contributed by atoms with van der Waals surface area (Å²) < 4.78 is 11.6. The van der Waals surface area contributed by atoms with E-state index in [0.717, 1.165) is 12.8 Å². The average molecular weight is 383 g/mol. The summed E-state index contributed by atoms with van der Waals surface area (Å²) in [5, 5.41) is 11.8. The minimum Gasteiger partial charge on any atom is -0.490 e. The van der Waals surface area contributed by atoms with E-state index in [1.165, 1.54) is 12.1 Å². The number of carboxylic acids is 1. The summed E-state index contributed by atoms with van der Waals surface area (Å²) in [6, 6.07) is 11.8. The molecule has 0 spiro atoms. The van der Waals surface area contributed by atoms with Crippen LogP contribution in [0.4, 0.5) is 5.69 Å². The lowest BCUT2D eigenvalue weighted by Gasteiger charge is -2.14. The number of ether oxygens (including phenoxy) is 2. The van der Waals surface area contributed by atoms with Crippen molar-refractivity contribution in [2.45, 2.75) is 26.7 Å². The van der Waals surface area contributed by atoms with E-state index in [1.807, 2.05) is 32.0 Å². The Kier molecular flexibility index (Phi) is 8.09. The molecule has 2 N–H and O–H groups in total. The van der Waals surface area contributed by atoms with Gasteiger partial charge in [0, 0.05) is 11.6 Å². The minimum absolute atomic E-state index is 0.0335. The second-order valence-electron chi connectivity index (χ2n) is 6.04. The third-order valence-electron chi connectivity index (χ3n) is 3.75. The fourth-order valence-electron chi connectivity index (χ4n) is 2.47. The van der Waals surface area contributed by atoms with Crippen molar-refractivity contribution in [1.82, 2.24) is 0 Å². The molecule has 0 bridgehead atoms. The third kappa shape index (κ3) is 5.87. The number of anilines is 1. The predicted octanol–water partition coefficient (Wildman–Crippen LogP) is 4.61. The van der Waals surface area contributed by atoms with Crippen molar-refractivity contribution in [2.24, 2.45) is 0 Å². The molecular weight excluding hydrogens is 358 g/mol. The fourth-order valence-corrected chi connectivity index (χ4v) is 2.47. The smallest absolute Gasteiger partial charge is 0.337 e. The number of carboxylic acid groups (broad SMARTS) is 1. The molecule has 0 heterocycles. The maximum Gasteiger partial charge on any atom is 0.337 e. The van der Waals surface area contributed by atoms with Gasteiger partial charge in [-0.25, -0.2) is 4.79 Å². The summed E-state index contributed by atoms with van der Waals surface area (Å²) in [6.07, 6.45) is 4.69. The van der Waals surface area contributed by atoms with E-state index in [1.54, 1.807) is 24.3 Å². The summed E-state index contributed by atoms with van der Waals surface area (Å²) in [7, 11) is 0. The zero-order valence-electron chi connectivity index (χ0n) is 16.1. The van der Waals surface area contributed by atoms with Gasteiger partial charge in [-0.3, -0.25) is 4.79 Å². The monoisotopic (exact) mass is 383 g/mol. The Morgan fingerprint density at radius 3 is 2.43 bits per heavy atom. The first-order valence-corrected chi connectivity index (χ1v) is 9.26. The number of hydrogen-bond donors (Lipinski definition) is 2.